The van der Waals surface area contributed by atoms with Crippen LogP contribution < -0.4 is 0 Å². The summed E-state index contributed by atoms with van der Waals surface area (Å²) >= 11 is 0. The maximum Gasteiger partial charge on any atom is 0.361 e. The van der Waals surface area contributed by atoms with Crippen LogP contribution in [0.25, 0.3) is 0 Å². The Labute approximate surface area is 92.5 Å². The van der Waals surface area contributed by atoms with E-state index in [1.807, 2.05) is 0 Å². The van der Waals surface area contributed by atoms with Crippen LogP contribution in [0.15, 0.2) is 5.11 Å². The van der Waals surface area contributed by atoms with E-state index < -0.39 is 6.03 Å². The molecule has 0 unspecified atom stereocenters. The van der Waals surface area contributed by atoms with Gasteiger partial charge in [0, 0.05) is 13.1 Å². The number of nitrogens with zero attached hydrogens (tertiary/aromatic N) is 2. The predicted octanol–water partition coefficient (Wildman–Crippen LogP) is 3.53. The van der Waals surface area contributed by atoms with Crippen molar-refractivity contribution in [3.8, 4) is 0 Å². The van der Waals surface area contributed by atoms with Crippen molar-refractivity contribution >= 4 is 6.03 Å². The number of carbonyl (C=O) groups excluding carboxylic acids is 1. The topological polar surface area (TPSA) is 56.5 Å². The maximum atomic E-state index is 11.3. The van der Waals surface area contributed by atoms with E-state index in [4.69, 9.17) is 5.53 Å². The van der Waals surface area contributed by atoms with Crippen molar-refractivity contribution in [1.29, 1.82) is 5.53 Å². The van der Waals surface area contributed by atoms with Gasteiger partial charge in [-0.25, -0.2) is 4.79 Å². The molecule has 4 heteroatoms. The van der Waals surface area contributed by atoms with Crippen molar-refractivity contribution in [2.45, 2.75) is 40.5 Å². The van der Waals surface area contributed by atoms with E-state index >= 15 is 0 Å². The van der Waals surface area contributed by atoms with Crippen molar-refractivity contribution in [2.24, 2.45) is 17.0 Å². The highest BCUT2D eigenvalue weighted by Gasteiger charge is 2.12. The lowest BCUT2D eigenvalue weighted by Gasteiger charge is -2.21. The Hall–Kier alpha value is -0.930. The zero-order valence-corrected chi connectivity index (χ0v) is 10.3. The lowest BCUT2D eigenvalue weighted by atomic mass is 10.1. The summed E-state index contributed by atoms with van der Waals surface area (Å²) in [5, 5.41) is 2.98. The molecule has 0 fully saturated rings. The summed E-state index contributed by atoms with van der Waals surface area (Å²) in [4.78, 5) is 13.0. The minimum absolute atomic E-state index is 0.406. The average Bonchev–Trinajstić information content (AvgIpc) is 2.16. The summed E-state index contributed by atoms with van der Waals surface area (Å²) in [6.45, 7) is 9.94. The molecule has 0 bridgehead atoms. The fourth-order valence-corrected chi connectivity index (χ4v) is 1.20. The van der Waals surface area contributed by atoms with Crippen LogP contribution in [0.1, 0.15) is 40.5 Å². The highest BCUT2D eigenvalue weighted by atomic mass is 16.2. The normalized spacial score (nSPS) is 10.8. The largest absolute Gasteiger partial charge is 0.361 e. The van der Waals surface area contributed by atoms with Gasteiger partial charge >= 0.3 is 6.03 Å². The molecule has 15 heavy (non-hydrogen) atoms. The molecule has 88 valence electrons. The van der Waals surface area contributed by atoms with Crippen molar-refractivity contribution in [1.82, 2.24) is 4.90 Å². The number of amides is 2. The number of rotatable bonds is 6. The van der Waals surface area contributed by atoms with E-state index in [-0.39, 0.29) is 0 Å². The second kappa shape index (κ2) is 7.37. The van der Waals surface area contributed by atoms with Gasteiger partial charge in [-0.1, -0.05) is 32.8 Å². The molecular weight excluding hydrogens is 190 g/mol. The summed E-state index contributed by atoms with van der Waals surface area (Å²) < 4.78 is 0. The van der Waals surface area contributed by atoms with Gasteiger partial charge in [0.25, 0.3) is 0 Å². The number of carbonyl (C=O) groups is 1. The number of nitrogens with one attached hydrogen (secondary N) is 1. The minimum Gasteiger partial charge on any atom is -0.322 e. The Morgan fingerprint density at radius 1 is 1.13 bits per heavy atom. The summed E-state index contributed by atoms with van der Waals surface area (Å²) in [6.07, 6.45) is 1.94. The summed E-state index contributed by atoms with van der Waals surface area (Å²) in [6, 6.07) is -0.406. The van der Waals surface area contributed by atoms with Gasteiger partial charge in [0.1, 0.15) is 0 Å². The second-order valence-electron chi connectivity index (χ2n) is 4.75. The van der Waals surface area contributed by atoms with Gasteiger partial charge in [-0.05, 0) is 24.7 Å². The van der Waals surface area contributed by atoms with Crippen LogP contribution >= 0.6 is 0 Å². The first-order valence-corrected chi connectivity index (χ1v) is 5.63. The molecular formula is C11H23N3O. The maximum absolute atomic E-state index is 11.3. The molecule has 0 aliphatic heterocycles. The second-order valence-corrected chi connectivity index (χ2v) is 4.75. The van der Waals surface area contributed by atoms with E-state index in [0.717, 1.165) is 12.8 Å². The SMILES string of the molecule is CC(C)CCN(CCC(C)C)C(=O)N=N. The van der Waals surface area contributed by atoms with Gasteiger partial charge < -0.3 is 4.90 Å². The number of urea groups is 1. The smallest absolute Gasteiger partial charge is 0.322 e. The van der Waals surface area contributed by atoms with Crippen LogP contribution in [0, 0.1) is 17.4 Å². The Morgan fingerprint density at radius 2 is 1.53 bits per heavy atom. The Morgan fingerprint density at radius 3 is 1.80 bits per heavy atom. The van der Waals surface area contributed by atoms with E-state index in [0.29, 0.717) is 24.9 Å². The van der Waals surface area contributed by atoms with E-state index in [1.165, 1.54) is 0 Å². The quantitative estimate of drug-likeness (QED) is 0.674. The Kier molecular flexibility index (Phi) is 6.92. The van der Waals surface area contributed by atoms with Gasteiger partial charge in [0.05, 0.1) is 0 Å². The van der Waals surface area contributed by atoms with E-state index in [9.17, 15) is 4.79 Å². The lowest BCUT2D eigenvalue weighted by Crippen LogP contribution is -2.31. The molecule has 0 rings (SSSR count). The van der Waals surface area contributed by atoms with Crippen LogP contribution in [0.3, 0.4) is 0 Å². The molecule has 0 aliphatic carbocycles. The third-order valence-electron chi connectivity index (χ3n) is 2.32. The zero-order valence-electron chi connectivity index (χ0n) is 10.3. The molecule has 0 saturated carbocycles. The molecule has 0 radical (unpaired) electrons. The van der Waals surface area contributed by atoms with E-state index in [1.54, 1.807) is 4.90 Å². The first-order chi connectivity index (χ1) is 6.97. The van der Waals surface area contributed by atoms with Gasteiger partial charge in [-0.3, -0.25) is 0 Å². The summed E-state index contributed by atoms with van der Waals surface area (Å²) in [5.41, 5.74) is 6.74. The zero-order chi connectivity index (χ0) is 11.8. The molecule has 0 aromatic carbocycles. The van der Waals surface area contributed by atoms with Crippen LogP contribution in [0.5, 0.6) is 0 Å². The molecule has 0 aliphatic rings. The summed E-state index contributed by atoms with van der Waals surface area (Å²) in [5.74, 6) is 1.15. The fraction of sp³-hybridized carbons (Fsp3) is 0.909. The molecule has 1 N–H and O–H groups in total. The monoisotopic (exact) mass is 213 g/mol. The van der Waals surface area contributed by atoms with Crippen LogP contribution in [-0.2, 0) is 0 Å². The van der Waals surface area contributed by atoms with Gasteiger partial charge in [-0.2, -0.15) is 5.53 Å². The molecule has 4 nitrogen and oxygen atoms in total. The molecule has 2 amide bonds. The number of hydrogen-bond acceptors (Lipinski definition) is 2. The molecule has 0 aromatic heterocycles. The van der Waals surface area contributed by atoms with Gasteiger partial charge in [-0.15, -0.1) is 0 Å². The van der Waals surface area contributed by atoms with Crippen molar-refractivity contribution < 1.29 is 4.79 Å². The molecule has 0 aromatic rings. The molecule has 0 atom stereocenters. The lowest BCUT2D eigenvalue weighted by molar-refractivity contribution is 0.199. The first kappa shape index (κ1) is 14.1. The molecule has 0 spiro atoms. The predicted molar refractivity (Wildman–Crippen MR) is 61.0 cm³/mol. The van der Waals surface area contributed by atoms with Crippen LogP contribution in [0.2, 0.25) is 0 Å². The highest BCUT2D eigenvalue weighted by Crippen LogP contribution is 2.07. The number of hydrogen-bond donors (Lipinski definition) is 1. The standard InChI is InChI=1S/C11H23N3O/c1-9(2)5-7-14(11(15)13-12)8-6-10(3)4/h9-10,12H,5-8H2,1-4H3. The molecule has 0 saturated heterocycles. The van der Waals surface area contributed by atoms with Crippen molar-refractivity contribution in [2.75, 3.05) is 13.1 Å². The first-order valence-electron chi connectivity index (χ1n) is 5.63. The highest BCUT2D eigenvalue weighted by molar-refractivity contribution is 5.74. The minimum atomic E-state index is -0.406. The molecule has 0 heterocycles. The summed E-state index contributed by atoms with van der Waals surface area (Å²) in [7, 11) is 0. The Balaban J connectivity index is 4.06. The fourth-order valence-electron chi connectivity index (χ4n) is 1.20. The van der Waals surface area contributed by atoms with Crippen LogP contribution in [0.4, 0.5) is 4.79 Å². The van der Waals surface area contributed by atoms with Crippen molar-refractivity contribution in [3.63, 3.8) is 0 Å². The third kappa shape index (κ3) is 7.05. The van der Waals surface area contributed by atoms with Crippen molar-refractivity contribution in [3.05, 3.63) is 0 Å². The Bertz CT molecular complexity index is 190. The van der Waals surface area contributed by atoms with Gasteiger partial charge in [0.15, 0.2) is 0 Å². The van der Waals surface area contributed by atoms with E-state index in [2.05, 4.69) is 32.8 Å². The average molecular weight is 213 g/mol. The van der Waals surface area contributed by atoms with Crippen LogP contribution in [-0.4, -0.2) is 24.0 Å². The third-order valence-corrected chi connectivity index (χ3v) is 2.32. The van der Waals surface area contributed by atoms with Gasteiger partial charge in [0.2, 0.25) is 0 Å².